The van der Waals surface area contributed by atoms with E-state index in [4.69, 9.17) is 0 Å². The number of hydrogen-bond donors (Lipinski definition) is 1. The smallest absolute Gasteiger partial charge is 0.259 e. The van der Waals surface area contributed by atoms with Gasteiger partial charge in [0.05, 0.1) is 4.90 Å². The van der Waals surface area contributed by atoms with E-state index in [1.165, 1.54) is 29.2 Å². The van der Waals surface area contributed by atoms with E-state index in [1.807, 2.05) is 6.07 Å². The van der Waals surface area contributed by atoms with Crippen LogP contribution in [0.1, 0.15) is 15.9 Å². The highest BCUT2D eigenvalue weighted by Gasteiger charge is 2.31. The van der Waals surface area contributed by atoms with Crippen LogP contribution in [0.5, 0.6) is 0 Å². The highest BCUT2D eigenvalue weighted by atomic mass is 32.2. The van der Waals surface area contributed by atoms with Crippen LogP contribution in [0.4, 0.5) is 5.69 Å². The molecule has 0 saturated heterocycles. The Hall–Kier alpha value is -2.93. The first-order valence-corrected chi connectivity index (χ1v) is 9.36. The van der Waals surface area contributed by atoms with Crippen molar-refractivity contribution in [2.45, 2.75) is 4.90 Å². The van der Waals surface area contributed by atoms with Gasteiger partial charge in [0.1, 0.15) is 6.54 Å². The molecule has 2 aromatic carbocycles. The van der Waals surface area contributed by atoms with Gasteiger partial charge in [-0.25, -0.2) is 8.42 Å². The molecule has 0 atom stereocenters. The summed E-state index contributed by atoms with van der Waals surface area (Å²) in [5, 5.41) is 2.65. The van der Waals surface area contributed by atoms with Crippen molar-refractivity contribution >= 4 is 33.0 Å². The first-order chi connectivity index (χ1) is 11.8. The van der Waals surface area contributed by atoms with Gasteiger partial charge in [0.2, 0.25) is 5.91 Å². The molecule has 128 valence electrons. The molecule has 0 bridgehead atoms. The molecule has 0 aromatic heterocycles. The minimum atomic E-state index is -3.29. The second-order valence-corrected chi connectivity index (χ2v) is 7.74. The number of rotatable bonds is 4. The lowest BCUT2D eigenvalue weighted by Gasteiger charge is -2.17. The highest BCUT2D eigenvalue weighted by molar-refractivity contribution is 7.90. The molecule has 6 nitrogen and oxygen atoms in total. The summed E-state index contributed by atoms with van der Waals surface area (Å²) in [6.07, 6.45) is 1.11. The largest absolute Gasteiger partial charge is 0.325 e. The van der Waals surface area contributed by atoms with E-state index in [2.05, 4.69) is 11.9 Å². The zero-order valence-electron chi connectivity index (χ0n) is 13.5. The van der Waals surface area contributed by atoms with Crippen molar-refractivity contribution in [2.24, 2.45) is 0 Å². The molecule has 0 unspecified atom stereocenters. The quantitative estimate of drug-likeness (QED) is 0.910. The minimum Gasteiger partial charge on any atom is -0.325 e. The fraction of sp³-hybridized carbons (Fsp3) is 0.111. The molecular weight excluding hydrogens is 340 g/mol. The number of amides is 2. The van der Waals surface area contributed by atoms with Crippen LogP contribution in [0.2, 0.25) is 0 Å². The lowest BCUT2D eigenvalue weighted by Crippen LogP contribution is -2.32. The molecule has 0 saturated carbocycles. The second kappa shape index (κ2) is 6.18. The predicted molar refractivity (Wildman–Crippen MR) is 94.7 cm³/mol. The number of hydrogen-bond acceptors (Lipinski definition) is 4. The molecule has 0 aliphatic carbocycles. The summed E-state index contributed by atoms with van der Waals surface area (Å²) in [7, 11) is -3.29. The number of nitrogens with one attached hydrogen (secondary N) is 1. The molecule has 3 rings (SSSR count). The average Bonchev–Trinajstić information content (AvgIpc) is 2.80. The zero-order chi connectivity index (χ0) is 18.2. The van der Waals surface area contributed by atoms with Gasteiger partial charge in [-0.05, 0) is 30.3 Å². The van der Waals surface area contributed by atoms with Crippen molar-refractivity contribution in [3.8, 4) is 0 Å². The Bertz CT molecular complexity index is 943. The van der Waals surface area contributed by atoms with Crippen molar-refractivity contribution in [2.75, 3.05) is 18.1 Å². The average molecular weight is 356 g/mol. The van der Waals surface area contributed by atoms with Crippen LogP contribution in [0, 0.1) is 0 Å². The van der Waals surface area contributed by atoms with Crippen molar-refractivity contribution in [1.29, 1.82) is 0 Å². The molecule has 0 spiro atoms. The van der Waals surface area contributed by atoms with Crippen LogP contribution in [0.25, 0.3) is 5.70 Å². The van der Waals surface area contributed by atoms with E-state index in [0.29, 0.717) is 16.9 Å². The Morgan fingerprint density at radius 3 is 2.24 bits per heavy atom. The molecule has 1 aliphatic rings. The van der Waals surface area contributed by atoms with Gasteiger partial charge in [0.25, 0.3) is 5.91 Å². The predicted octanol–water partition coefficient (Wildman–Crippen LogP) is 2.16. The second-order valence-electron chi connectivity index (χ2n) is 5.73. The Morgan fingerprint density at radius 1 is 1.08 bits per heavy atom. The Morgan fingerprint density at radius 2 is 1.68 bits per heavy atom. The third-order valence-electron chi connectivity index (χ3n) is 3.91. The third-order valence-corrected chi connectivity index (χ3v) is 5.04. The maximum atomic E-state index is 12.4. The summed E-state index contributed by atoms with van der Waals surface area (Å²) < 4.78 is 22.9. The molecule has 0 fully saturated rings. The van der Waals surface area contributed by atoms with E-state index in [9.17, 15) is 18.0 Å². The van der Waals surface area contributed by atoms with Crippen molar-refractivity contribution in [3.63, 3.8) is 0 Å². The SMILES string of the molecule is C=C1c2ccccc2C(=O)N1CC(=O)Nc1ccc(S(C)(=O)=O)cc1. The number of nitrogens with zero attached hydrogens (tertiary/aromatic N) is 1. The van der Waals surface area contributed by atoms with Crippen LogP contribution in [0.15, 0.2) is 60.0 Å². The summed E-state index contributed by atoms with van der Waals surface area (Å²) in [4.78, 5) is 26.1. The number of anilines is 1. The van der Waals surface area contributed by atoms with Gasteiger partial charge >= 0.3 is 0 Å². The normalized spacial score (nSPS) is 13.7. The molecule has 1 heterocycles. The molecule has 2 amide bonds. The van der Waals surface area contributed by atoms with Gasteiger partial charge < -0.3 is 5.32 Å². The monoisotopic (exact) mass is 356 g/mol. The van der Waals surface area contributed by atoms with Crippen LogP contribution < -0.4 is 5.32 Å². The van der Waals surface area contributed by atoms with Gasteiger partial charge in [-0.2, -0.15) is 0 Å². The maximum Gasteiger partial charge on any atom is 0.259 e. The topological polar surface area (TPSA) is 83.6 Å². The Kier molecular flexibility index (Phi) is 4.18. The summed E-state index contributed by atoms with van der Waals surface area (Å²) >= 11 is 0. The van der Waals surface area contributed by atoms with Crippen LogP contribution in [0.3, 0.4) is 0 Å². The van der Waals surface area contributed by atoms with E-state index in [1.54, 1.807) is 18.2 Å². The van der Waals surface area contributed by atoms with Crippen LogP contribution >= 0.6 is 0 Å². The van der Waals surface area contributed by atoms with E-state index >= 15 is 0 Å². The minimum absolute atomic E-state index is 0.166. The zero-order valence-corrected chi connectivity index (χ0v) is 14.3. The molecule has 1 N–H and O–H groups in total. The van der Waals surface area contributed by atoms with Crippen molar-refractivity contribution in [3.05, 3.63) is 66.2 Å². The van der Waals surface area contributed by atoms with Crippen molar-refractivity contribution in [1.82, 2.24) is 4.90 Å². The first kappa shape index (κ1) is 16.9. The van der Waals surface area contributed by atoms with Crippen LogP contribution in [-0.2, 0) is 14.6 Å². The number of carbonyl (C=O) groups excluding carboxylic acids is 2. The fourth-order valence-electron chi connectivity index (χ4n) is 2.63. The summed E-state index contributed by atoms with van der Waals surface area (Å²) in [5.41, 5.74) is 2.19. The molecule has 0 radical (unpaired) electrons. The van der Waals surface area contributed by atoms with Crippen LogP contribution in [-0.4, -0.2) is 37.9 Å². The van der Waals surface area contributed by atoms with Gasteiger partial charge in [-0.3, -0.25) is 14.5 Å². The number of sulfone groups is 1. The third kappa shape index (κ3) is 3.32. The lowest BCUT2D eigenvalue weighted by atomic mass is 10.1. The van der Waals surface area contributed by atoms with E-state index in [0.717, 1.165) is 11.8 Å². The fourth-order valence-corrected chi connectivity index (χ4v) is 3.26. The maximum absolute atomic E-state index is 12.4. The Labute approximate surface area is 145 Å². The molecule has 2 aromatic rings. The van der Waals surface area contributed by atoms with Gasteiger partial charge in [-0.1, -0.05) is 24.8 Å². The summed E-state index contributed by atoms with van der Waals surface area (Å²) in [5.74, 6) is -0.655. The lowest BCUT2D eigenvalue weighted by molar-refractivity contribution is -0.116. The number of benzene rings is 2. The Balaban J connectivity index is 1.70. The molecule has 7 heteroatoms. The summed E-state index contributed by atoms with van der Waals surface area (Å²) in [6, 6.07) is 12.9. The molecule has 25 heavy (non-hydrogen) atoms. The summed E-state index contributed by atoms with van der Waals surface area (Å²) in [6.45, 7) is 3.72. The van der Waals surface area contributed by atoms with E-state index < -0.39 is 15.7 Å². The standard InChI is InChI=1S/C18H16N2O4S/c1-12-15-5-3-4-6-16(15)18(22)20(12)11-17(21)19-13-7-9-14(10-8-13)25(2,23)24/h3-10H,1,11H2,2H3,(H,19,21). The van der Waals surface area contributed by atoms with Gasteiger partial charge in [0.15, 0.2) is 9.84 Å². The molecule has 1 aliphatic heterocycles. The number of carbonyl (C=O) groups is 2. The highest BCUT2D eigenvalue weighted by Crippen LogP contribution is 2.30. The first-order valence-electron chi connectivity index (χ1n) is 7.47. The van der Waals surface area contributed by atoms with Gasteiger partial charge in [0, 0.05) is 28.8 Å². The van der Waals surface area contributed by atoms with Gasteiger partial charge in [-0.15, -0.1) is 0 Å². The van der Waals surface area contributed by atoms with E-state index in [-0.39, 0.29) is 17.3 Å². The molecular formula is C18H16N2O4S. The van der Waals surface area contributed by atoms with Crippen molar-refractivity contribution < 1.29 is 18.0 Å². The number of fused-ring (bicyclic) bond motifs is 1.